The fourth-order valence-corrected chi connectivity index (χ4v) is 1.97. The number of rotatable bonds is 4. The van der Waals surface area contributed by atoms with Gasteiger partial charge >= 0.3 is 0 Å². The molecule has 8 heteroatoms. The Kier molecular flexibility index (Phi) is 3.89. The zero-order valence-corrected chi connectivity index (χ0v) is 12.2. The number of nitrogens with zero attached hydrogens (tertiary/aromatic N) is 2. The van der Waals surface area contributed by atoms with Gasteiger partial charge < -0.3 is 10.6 Å². The summed E-state index contributed by atoms with van der Waals surface area (Å²) in [4.78, 5) is 20.4. The highest BCUT2D eigenvalue weighted by Gasteiger charge is 2.23. The van der Waals surface area contributed by atoms with Crippen LogP contribution in [-0.4, -0.2) is 21.9 Å². The Morgan fingerprint density at radius 2 is 1.91 bits per heavy atom. The number of amides is 1. The van der Waals surface area contributed by atoms with Crippen molar-refractivity contribution < 1.29 is 18.0 Å². The summed E-state index contributed by atoms with van der Waals surface area (Å²) < 4.78 is 39.7. The summed E-state index contributed by atoms with van der Waals surface area (Å²) >= 11 is 0. The lowest BCUT2D eigenvalue weighted by Crippen LogP contribution is -2.17. The van der Waals surface area contributed by atoms with E-state index in [1.807, 2.05) is 0 Å². The maximum atomic E-state index is 13.6. The Morgan fingerprint density at radius 3 is 2.61 bits per heavy atom. The molecule has 1 saturated carbocycles. The highest BCUT2D eigenvalue weighted by molar-refractivity contribution is 6.03. The van der Waals surface area contributed by atoms with E-state index in [0.29, 0.717) is 17.7 Å². The topological polar surface area (TPSA) is 66.9 Å². The number of hydrogen-bond acceptors (Lipinski definition) is 4. The molecule has 2 aromatic rings. The maximum Gasteiger partial charge on any atom is 0.274 e. The molecular formula is C15H13F3N4O. The van der Waals surface area contributed by atoms with E-state index >= 15 is 0 Å². The van der Waals surface area contributed by atoms with Crippen LogP contribution in [0.3, 0.4) is 0 Å². The van der Waals surface area contributed by atoms with Crippen LogP contribution in [0.25, 0.3) is 0 Å². The van der Waals surface area contributed by atoms with Crippen LogP contribution in [0.2, 0.25) is 0 Å². The quantitative estimate of drug-likeness (QED) is 0.849. The number of aromatic nitrogens is 2. The van der Waals surface area contributed by atoms with Crippen LogP contribution in [0.4, 0.5) is 24.8 Å². The van der Waals surface area contributed by atoms with Crippen molar-refractivity contribution >= 4 is 17.5 Å². The van der Waals surface area contributed by atoms with Crippen molar-refractivity contribution in [2.75, 3.05) is 10.6 Å². The number of nitrogens with one attached hydrogen (secondary N) is 2. The monoisotopic (exact) mass is 322 g/mol. The molecule has 0 atom stereocenters. The summed E-state index contributed by atoms with van der Waals surface area (Å²) in [5, 5.41) is 5.24. The Labute approximate surface area is 130 Å². The van der Waals surface area contributed by atoms with E-state index < -0.39 is 29.0 Å². The van der Waals surface area contributed by atoms with Gasteiger partial charge in [0, 0.05) is 11.7 Å². The molecule has 23 heavy (non-hydrogen) atoms. The molecule has 2 N–H and O–H groups in total. The molecule has 3 rings (SSSR count). The molecule has 1 fully saturated rings. The Balaban J connectivity index is 1.83. The van der Waals surface area contributed by atoms with E-state index in [1.54, 1.807) is 6.92 Å². The number of halogens is 3. The molecule has 5 nitrogen and oxygen atoms in total. The first-order valence-corrected chi connectivity index (χ1v) is 7.01. The zero-order chi connectivity index (χ0) is 16.6. The van der Waals surface area contributed by atoms with Crippen LogP contribution in [0, 0.1) is 24.4 Å². The number of carbonyl (C=O) groups excluding carboxylic acids is 1. The second kappa shape index (κ2) is 5.86. The van der Waals surface area contributed by atoms with Crippen molar-refractivity contribution in [3.63, 3.8) is 0 Å². The minimum absolute atomic E-state index is 0.00443. The van der Waals surface area contributed by atoms with Gasteiger partial charge in [0.2, 0.25) is 5.95 Å². The molecule has 1 aliphatic rings. The standard InChI is InChI=1S/C15H13F3N4O/c1-7-6-11(22-15(19-7)20-8-2-3-8)14(23)21-10-5-4-9(16)12(17)13(10)18/h4-6,8H,2-3H2,1H3,(H,21,23)(H,19,20,22). The largest absolute Gasteiger partial charge is 0.351 e. The molecule has 1 aliphatic carbocycles. The predicted octanol–water partition coefficient (Wildman–Crippen LogP) is 3.03. The van der Waals surface area contributed by atoms with Crippen molar-refractivity contribution in [3.8, 4) is 0 Å². The van der Waals surface area contributed by atoms with Crippen LogP contribution in [0.1, 0.15) is 29.0 Å². The van der Waals surface area contributed by atoms with Crippen molar-refractivity contribution in [1.29, 1.82) is 0 Å². The van der Waals surface area contributed by atoms with E-state index in [-0.39, 0.29) is 5.69 Å². The SMILES string of the molecule is Cc1cc(C(=O)Nc2ccc(F)c(F)c2F)nc(NC2CC2)n1. The lowest BCUT2D eigenvalue weighted by Gasteiger charge is -2.09. The fourth-order valence-electron chi connectivity index (χ4n) is 1.97. The minimum Gasteiger partial charge on any atom is -0.351 e. The molecule has 0 bridgehead atoms. The molecule has 0 aliphatic heterocycles. The number of aryl methyl sites for hydroxylation is 1. The third kappa shape index (κ3) is 3.41. The van der Waals surface area contributed by atoms with Gasteiger partial charge in [0.05, 0.1) is 5.69 Å². The summed E-state index contributed by atoms with van der Waals surface area (Å²) in [6, 6.07) is 3.41. The van der Waals surface area contributed by atoms with Crippen LogP contribution in [0.15, 0.2) is 18.2 Å². The molecule has 0 spiro atoms. The average molecular weight is 322 g/mol. The third-order valence-electron chi connectivity index (χ3n) is 3.28. The first-order valence-electron chi connectivity index (χ1n) is 7.01. The Bertz CT molecular complexity index is 778. The maximum absolute atomic E-state index is 13.6. The lowest BCUT2D eigenvalue weighted by atomic mass is 10.2. The minimum atomic E-state index is -1.64. The summed E-state index contributed by atoms with van der Waals surface area (Å²) in [5.74, 6) is -4.85. The Morgan fingerprint density at radius 1 is 1.17 bits per heavy atom. The van der Waals surface area contributed by atoms with Gasteiger partial charge in [-0.15, -0.1) is 0 Å². The van der Waals surface area contributed by atoms with Crippen LogP contribution in [0.5, 0.6) is 0 Å². The van der Waals surface area contributed by atoms with Gasteiger partial charge in [-0.3, -0.25) is 4.79 Å². The third-order valence-corrected chi connectivity index (χ3v) is 3.28. The highest BCUT2D eigenvalue weighted by atomic mass is 19.2. The number of anilines is 2. The van der Waals surface area contributed by atoms with E-state index in [0.717, 1.165) is 25.0 Å². The van der Waals surface area contributed by atoms with Gasteiger partial charge in [-0.2, -0.15) is 0 Å². The molecule has 1 aromatic carbocycles. The van der Waals surface area contributed by atoms with Crippen molar-refractivity contribution in [2.24, 2.45) is 0 Å². The van der Waals surface area contributed by atoms with Gasteiger partial charge in [0.1, 0.15) is 5.69 Å². The zero-order valence-electron chi connectivity index (χ0n) is 12.2. The predicted molar refractivity (Wildman–Crippen MR) is 77.7 cm³/mol. The summed E-state index contributed by atoms with van der Waals surface area (Å²) in [5.41, 5.74) is 0.103. The van der Waals surface area contributed by atoms with Crippen LogP contribution < -0.4 is 10.6 Å². The van der Waals surface area contributed by atoms with Crippen molar-refractivity contribution in [1.82, 2.24) is 9.97 Å². The molecule has 0 saturated heterocycles. The number of hydrogen-bond donors (Lipinski definition) is 2. The van der Waals surface area contributed by atoms with Crippen molar-refractivity contribution in [3.05, 3.63) is 47.0 Å². The summed E-state index contributed by atoms with van der Waals surface area (Å²) in [7, 11) is 0. The number of benzene rings is 1. The summed E-state index contributed by atoms with van der Waals surface area (Å²) in [6.07, 6.45) is 2.03. The number of carbonyl (C=O) groups is 1. The molecule has 0 unspecified atom stereocenters. The Hall–Kier alpha value is -2.64. The molecule has 0 radical (unpaired) electrons. The first kappa shape index (κ1) is 15.3. The van der Waals surface area contributed by atoms with E-state index in [2.05, 4.69) is 20.6 Å². The molecule has 120 valence electrons. The molecule has 1 aromatic heterocycles. The van der Waals surface area contributed by atoms with Gasteiger partial charge in [0.15, 0.2) is 17.5 Å². The van der Waals surface area contributed by atoms with E-state index in [4.69, 9.17) is 0 Å². The second-order valence-electron chi connectivity index (χ2n) is 5.31. The van der Waals surface area contributed by atoms with Gasteiger partial charge in [-0.25, -0.2) is 23.1 Å². The normalized spacial score (nSPS) is 13.7. The van der Waals surface area contributed by atoms with Gasteiger partial charge in [-0.05, 0) is 38.0 Å². The highest BCUT2D eigenvalue weighted by Crippen LogP contribution is 2.23. The average Bonchev–Trinajstić information content (AvgIpc) is 3.31. The second-order valence-corrected chi connectivity index (χ2v) is 5.31. The van der Waals surface area contributed by atoms with E-state index in [1.165, 1.54) is 6.07 Å². The van der Waals surface area contributed by atoms with Crippen LogP contribution >= 0.6 is 0 Å². The van der Waals surface area contributed by atoms with Crippen molar-refractivity contribution in [2.45, 2.75) is 25.8 Å². The molecular weight excluding hydrogens is 309 g/mol. The van der Waals surface area contributed by atoms with Crippen LogP contribution in [-0.2, 0) is 0 Å². The van der Waals surface area contributed by atoms with Gasteiger partial charge in [-0.1, -0.05) is 0 Å². The first-order chi connectivity index (χ1) is 10.9. The molecule has 1 amide bonds. The fraction of sp³-hybridized carbons (Fsp3) is 0.267. The van der Waals surface area contributed by atoms with Gasteiger partial charge in [0.25, 0.3) is 5.91 Å². The van der Waals surface area contributed by atoms with E-state index in [9.17, 15) is 18.0 Å². The smallest absolute Gasteiger partial charge is 0.274 e. The molecule has 1 heterocycles. The lowest BCUT2D eigenvalue weighted by molar-refractivity contribution is 0.102. The summed E-state index contributed by atoms with van der Waals surface area (Å²) in [6.45, 7) is 1.69.